The fourth-order valence-electron chi connectivity index (χ4n) is 2.38. The van der Waals surface area contributed by atoms with Gasteiger partial charge in [0.25, 0.3) is 0 Å². The van der Waals surface area contributed by atoms with E-state index in [4.69, 9.17) is 10.5 Å². The maximum absolute atomic E-state index is 5.94. The number of likely N-dealkylation sites (N-methyl/N-ethyl adjacent to an activating group) is 1. The summed E-state index contributed by atoms with van der Waals surface area (Å²) in [6.07, 6.45) is 7.79. The molecule has 1 aliphatic rings. The van der Waals surface area contributed by atoms with Crippen molar-refractivity contribution in [1.29, 1.82) is 0 Å². The SMILES string of the molecule is COCCN(C)CCN=C(N)NC1CCCCCC1. The van der Waals surface area contributed by atoms with Gasteiger partial charge in [0.2, 0.25) is 0 Å². The van der Waals surface area contributed by atoms with E-state index in [1.54, 1.807) is 7.11 Å². The third-order valence-electron chi connectivity index (χ3n) is 3.65. The zero-order valence-electron chi connectivity index (χ0n) is 12.5. The van der Waals surface area contributed by atoms with E-state index in [1.807, 2.05) is 0 Å². The lowest BCUT2D eigenvalue weighted by atomic mass is 10.1. The Labute approximate surface area is 117 Å². The Bertz CT molecular complexity index is 250. The van der Waals surface area contributed by atoms with Crippen LogP contribution in [0.3, 0.4) is 0 Å². The molecule has 0 aromatic heterocycles. The molecule has 3 N–H and O–H groups in total. The normalized spacial score (nSPS) is 18.6. The van der Waals surface area contributed by atoms with E-state index >= 15 is 0 Å². The van der Waals surface area contributed by atoms with Gasteiger partial charge in [0.05, 0.1) is 13.2 Å². The van der Waals surface area contributed by atoms with Gasteiger partial charge in [-0.2, -0.15) is 0 Å². The number of nitrogens with two attached hydrogens (primary N) is 1. The van der Waals surface area contributed by atoms with Crippen molar-refractivity contribution in [2.45, 2.75) is 44.6 Å². The molecule has 0 heterocycles. The van der Waals surface area contributed by atoms with E-state index in [0.717, 1.165) is 26.2 Å². The highest BCUT2D eigenvalue weighted by molar-refractivity contribution is 5.78. The number of hydrogen-bond acceptors (Lipinski definition) is 3. The minimum atomic E-state index is 0.525. The van der Waals surface area contributed by atoms with Crippen molar-refractivity contribution in [3.05, 3.63) is 0 Å². The molecule has 0 saturated heterocycles. The van der Waals surface area contributed by atoms with Gasteiger partial charge in [-0.25, -0.2) is 0 Å². The molecule has 1 aliphatic carbocycles. The van der Waals surface area contributed by atoms with Crippen LogP contribution in [-0.2, 0) is 4.74 Å². The van der Waals surface area contributed by atoms with Gasteiger partial charge >= 0.3 is 0 Å². The smallest absolute Gasteiger partial charge is 0.188 e. The van der Waals surface area contributed by atoms with Gasteiger partial charge in [-0.3, -0.25) is 4.99 Å². The first-order valence-corrected chi connectivity index (χ1v) is 7.46. The molecule has 5 heteroatoms. The maximum atomic E-state index is 5.94. The molecule has 0 atom stereocenters. The average molecular weight is 270 g/mol. The Hall–Kier alpha value is -0.810. The van der Waals surface area contributed by atoms with E-state index < -0.39 is 0 Å². The third kappa shape index (κ3) is 8.06. The van der Waals surface area contributed by atoms with Crippen LogP contribution in [0, 0.1) is 0 Å². The Morgan fingerprint density at radius 1 is 1.26 bits per heavy atom. The minimum absolute atomic E-state index is 0.525. The lowest BCUT2D eigenvalue weighted by molar-refractivity contribution is 0.163. The number of methoxy groups -OCH3 is 1. The highest BCUT2D eigenvalue weighted by atomic mass is 16.5. The fourth-order valence-corrected chi connectivity index (χ4v) is 2.38. The third-order valence-corrected chi connectivity index (χ3v) is 3.65. The first kappa shape index (κ1) is 16.2. The van der Waals surface area contributed by atoms with Gasteiger partial charge in [-0.15, -0.1) is 0 Å². The topological polar surface area (TPSA) is 62.9 Å². The summed E-state index contributed by atoms with van der Waals surface area (Å²) >= 11 is 0. The van der Waals surface area contributed by atoms with Gasteiger partial charge in [-0.1, -0.05) is 25.7 Å². The molecule has 0 aromatic carbocycles. The molecule has 5 nitrogen and oxygen atoms in total. The maximum Gasteiger partial charge on any atom is 0.188 e. The molecule has 1 fully saturated rings. The molecule has 0 amide bonds. The van der Waals surface area contributed by atoms with Gasteiger partial charge < -0.3 is 20.7 Å². The summed E-state index contributed by atoms with van der Waals surface area (Å²) in [7, 11) is 3.80. The first-order chi connectivity index (χ1) is 9.22. The van der Waals surface area contributed by atoms with Crippen molar-refractivity contribution in [1.82, 2.24) is 10.2 Å². The standard InChI is InChI=1S/C14H30N4O/c1-18(11-12-19-2)10-9-16-14(15)17-13-7-5-3-4-6-8-13/h13H,3-12H2,1-2H3,(H3,15,16,17). The van der Waals surface area contributed by atoms with Crippen LogP contribution in [0.1, 0.15) is 38.5 Å². The zero-order valence-corrected chi connectivity index (χ0v) is 12.5. The summed E-state index contributed by atoms with van der Waals surface area (Å²) in [5.41, 5.74) is 5.94. The highest BCUT2D eigenvalue weighted by Crippen LogP contribution is 2.16. The number of nitrogens with one attached hydrogen (secondary N) is 1. The predicted molar refractivity (Wildman–Crippen MR) is 80.5 cm³/mol. The van der Waals surface area contributed by atoms with E-state index in [9.17, 15) is 0 Å². The van der Waals surface area contributed by atoms with Gasteiger partial charge in [0.1, 0.15) is 0 Å². The minimum Gasteiger partial charge on any atom is -0.383 e. The van der Waals surface area contributed by atoms with Crippen LogP contribution < -0.4 is 11.1 Å². The summed E-state index contributed by atoms with van der Waals surface area (Å²) in [4.78, 5) is 6.60. The van der Waals surface area contributed by atoms with E-state index in [0.29, 0.717) is 12.0 Å². The lowest BCUT2D eigenvalue weighted by Crippen LogP contribution is -2.40. The second-order valence-electron chi connectivity index (χ2n) is 5.40. The first-order valence-electron chi connectivity index (χ1n) is 7.46. The van der Waals surface area contributed by atoms with Crippen LogP contribution in [0.15, 0.2) is 4.99 Å². The van der Waals surface area contributed by atoms with Crippen molar-refractivity contribution >= 4 is 5.96 Å². The number of aliphatic imine (C=N–C) groups is 1. The molecule has 1 rings (SSSR count). The molecule has 0 radical (unpaired) electrons. The summed E-state index contributed by atoms with van der Waals surface area (Å²) in [5.74, 6) is 0.604. The van der Waals surface area contributed by atoms with Gasteiger partial charge in [0, 0.05) is 26.2 Å². The molecule has 0 bridgehead atoms. The predicted octanol–water partition coefficient (Wildman–Crippen LogP) is 1.19. The average Bonchev–Trinajstić information content (AvgIpc) is 2.65. The second-order valence-corrected chi connectivity index (χ2v) is 5.40. The number of ether oxygens (including phenoxy) is 1. The largest absolute Gasteiger partial charge is 0.383 e. The monoisotopic (exact) mass is 270 g/mol. The van der Waals surface area contributed by atoms with Crippen molar-refractivity contribution in [3.8, 4) is 0 Å². The molecule has 0 spiro atoms. The van der Waals surface area contributed by atoms with Crippen molar-refractivity contribution in [2.24, 2.45) is 10.7 Å². The Morgan fingerprint density at radius 2 is 1.95 bits per heavy atom. The molecule has 0 unspecified atom stereocenters. The molecular weight excluding hydrogens is 240 g/mol. The van der Waals surface area contributed by atoms with Crippen LogP contribution in [0.4, 0.5) is 0 Å². The molecule has 0 aliphatic heterocycles. The summed E-state index contributed by atoms with van der Waals surface area (Å²) in [6, 6.07) is 0.525. The number of guanidine groups is 1. The zero-order chi connectivity index (χ0) is 13.9. The van der Waals surface area contributed by atoms with Crippen LogP contribution in [0.5, 0.6) is 0 Å². The lowest BCUT2D eigenvalue weighted by Gasteiger charge is -2.17. The molecule has 0 aromatic rings. The second kappa shape index (κ2) is 10.0. The molecular formula is C14H30N4O. The number of nitrogens with zero attached hydrogens (tertiary/aromatic N) is 2. The van der Waals surface area contributed by atoms with E-state index in [1.165, 1.54) is 38.5 Å². The van der Waals surface area contributed by atoms with Gasteiger partial charge in [-0.05, 0) is 19.9 Å². The molecule has 19 heavy (non-hydrogen) atoms. The van der Waals surface area contributed by atoms with E-state index in [2.05, 4.69) is 22.3 Å². The highest BCUT2D eigenvalue weighted by Gasteiger charge is 2.12. The van der Waals surface area contributed by atoms with Crippen LogP contribution in [0.2, 0.25) is 0 Å². The van der Waals surface area contributed by atoms with Crippen molar-refractivity contribution < 1.29 is 4.74 Å². The number of rotatable bonds is 7. The molecule has 1 saturated carbocycles. The Kier molecular flexibility index (Phi) is 8.58. The Balaban J connectivity index is 2.16. The van der Waals surface area contributed by atoms with Crippen molar-refractivity contribution in [3.63, 3.8) is 0 Å². The van der Waals surface area contributed by atoms with Crippen LogP contribution in [-0.4, -0.2) is 57.3 Å². The van der Waals surface area contributed by atoms with Crippen LogP contribution >= 0.6 is 0 Å². The van der Waals surface area contributed by atoms with E-state index in [-0.39, 0.29) is 0 Å². The van der Waals surface area contributed by atoms with Crippen LogP contribution in [0.25, 0.3) is 0 Å². The molecule has 112 valence electrons. The quantitative estimate of drug-likeness (QED) is 0.414. The number of hydrogen-bond donors (Lipinski definition) is 2. The Morgan fingerprint density at radius 3 is 2.58 bits per heavy atom. The van der Waals surface area contributed by atoms with Gasteiger partial charge in [0.15, 0.2) is 5.96 Å². The summed E-state index contributed by atoms with van der Waals surface area (Å²) < 4.78 is 5.04. The van der Waals surface area contributed by atoms with Crippen molar-refractivity contribution in [2.75, 3.05) is 40.4 Å². The fraction of sp³-hybridized carbons (Fsp3) is 0.929. The summed E-state index contributed by atoms with van der Waals surface area (Å²) in [6.45, 7) is 3.35. The summed E-state index contributed by atoms with van der Waals surface area (Å²) in [5, 5.41) is 3.36.